The van der Waals surface area contributed by atoms with Gasteiger partial charge in [-0.3, -0.25) is 14.4 Å². The maximum absolute atomic E-state index is 10.7. The molecule has 0 aliphatic rings. The van der Waals surface area contributed by atoms with Crippen LogP contribution >= 0.6 is 0 Å². The third-order valence-electron chi connectivity index (χ3n) is 1.83. The first kappa shape index (κ1) is 18.4. The van der Waals surface area contributed by atoms with Crippen LogP contribution < -0.4 is 4.74 Å². The van der Waals surface area contributed by atoms with E-state index >= 15 is 0 Å². The van der Waals surface area contributed by atoms with E-state index in [1.807, 2.05) is 18.2 Å². The number of esters is 2. The molecule has 0 saturated heterocycles. The fourth-order valence-corrected chi connectivity index (χ4v) is 1.16. The van der Waals surface area contributed by atoms with Gasteiger partial charge in [-0.1, -0.05) is 18.2 Å². The Labute approximate surface area is 123 Å². The van der Waals surface area contributed by atoms with Crippen LogP contribution in [0.15, 0.2) is 30.3 Å². The number of benzene rings is 1. The highest BCUT2D eigenvalue weighted by Crippen LogP contribution is 2.13. The lowest BCUT2D eigenvalue weighted by molar-refractivity contribution is -0.139. The fourth-order valence-electron chi connectivity index (χ4n) is 1.16. The van der Waals surface area contributed by atoms with E-state index in [-0.39, 0.29) is 18.5 Å². The van der Waals surface area contributed by atoms with Gasteiger partial charge in [0.15, 0.2) is 0 Å². The molecule has 0 heterocycles. The van der Waals surface area contributed by atoms with Gasteiger partial charge in [-0.15, -0.1) is 0 Å². The highest BCUT2D eigenvalue weighted by molar-refractivity contribution is 5.69. The summed E-state index contributed by atoms with van der Waals surface area (Å²) in [6.45, 7) is 4.05. The van der Waals surface area contributed by atoms with E-state index in [0.717, 1.165) is 12.5 Å². The molecule has 6 nitrogen and oxygen atoms in total. The van der Waals surface area contributed by atoms with Gasteiger partial charge in [0.1, 0.15) is 12.4 Å². The van der Waals surface area contributed by atoms with Crippen molar-refractivity contribution in [1.82, 2.24) is 0 Å². The van der Waals surface area contributed by atoms with Gasteiger partial charge in [0.05, 0.1) is 0 Å². The molecular formula is C15H18O6. The summed E-state index contributed by atoms with van der Waals surface area (Å²) >= 11 is 0. The molecule has 0 radical (unpaired) electrons. The normalized spacial score (nSPS) is 9.48. The van der Waals surface area contributed by atoms with Crippen LogP contribution in [0, 0.1) is 0 Å². The number of carboxylic acid groups (broad SMARTS) is 1. The van der Waals surface area contributed by atoms with Gasteiger partial charge in [-0.2, -0.15) is 0 Å². The average molecular weight is 294 g/mol. The Morgan fingerprint density at radius 3 is 2.00 bits per heavy atom. The van der Waals surface area contributed by atoms with E-state index < -0.39 is 5.97 Å². The summed E-state index contributed by atoms with van der Waals surface area (Å²) in [6.07, 6.45) is 3.56. The number of rotatable bonds is 4. The van der Waals surface area contributed by atoms with Gasteiger partial charge in [0.2, 0.25) is 0 Å². The van der Waals surface area contributed by atoms with Gasteiger partial charge in [0, 0.05) is 20.8 Å². The van der Waals surface area contributed by atoms with Crippen LogP contribution in [0.4, 0.5) is 0 Å². The summed E-state index contributed by atoms with van der Waals surface area (Å²) in [6, 6.07) is 7.02. The molecule has 6 heteroatoms. The molecule has 0 aliphatic carbocycles. The maximum atomic E-state index is 10.7. The Balaban J connectivity index is 0.000000885. The monoisotopic (exact) mass is 294 g/mol. The van der Waals surface area contributed by atoms with Crippen LogP contribution in [-0.4, -0.2) is 29.6 Å². The van der Waals surface area contributed by atoms with Crippen LogP contribution in [-0.2, 0) is 19.1 Å². The number of carbonyl (C=O) groups is 3. The molecule has 0 amide bonds. The number of aliphatic carboxylic acids is 1. The number of carbonyl (C=O) groups excluding carboxylic acids is 2. The van der Waals surface area contributed by atoms with Gasteiger partial charge in [0.25, 0.3) is 5.97 Å². The number of hydrogen-bond donors (Lipinski definition) is 1. The summed E-state index contributed by atoms with van der Waals surface area (Å²) in [5, 5.41) is 7.42. The lowest BCUT2D eigenvalue weighted by Crippen LogP contribution is -2.00. The predicted octanol–water partition coefficient (Wildman–Crippen LogP) is 2.28. The zero-order chi connectivity index (χ0) is 16.3. The summed E-state index contributed by atoms with van der Waals surface area (Å²) in [4.78, 5) is 30.2. The minimum absolute atomic E-state index is 0.251. The zero-order valence-corrected chi connectivity index (χ0v) is 12.2. The summed E-state index contributed by atoms with van der Waals surface area (Å²) < 4.78 is 9.64. The van der Waals surface area contributed by atoms with Crippen molar-refractivity contribution in [2.24, 2.45) is 0 Å². The topological polar surface area (TPSA) is 89.9 Å². The van der Waals surface area contributed by atoms with Gasteiger partial charge in [-0.25, -0.2) is 0 Å². The molecule has 21 heavy (non-hydrogen) atoms. The number of carboxylic acids is 1. The van der Waals surface area contributed by atoms with Crippen molar-refractivity contribution in [3.8, 4) is 5.75 Å². The molecule has 0 bridgehead atoms. The second kappa shape index (κ2) is 10.2. The molecule has 1 N–H and O–H groups in total. The number of hydrogen-bond acceptors (Lipinski definition) is 5. The molecule has 0 unspecified atom stereocenters. The van der Waals surface area contributed by atoms with Crippen LogP contribution in [0.25, 0.3) is 6.08 Å². The summed E-state index contributed by atoms with van der Waals surface area (Å²) in [5.74, 6) is -0.974. The third kappa shape index (κ3) is 12.2. The molecular weight excluding hydrogens is 276 g/mol. The lowest BCUT2D eigenvalue weighted by atomic mass is 10.2. The molecule has 1 rings (SSSR count). The molecule has 1 aromatic carbocycles. The molecule has 1 aromatic rings. The van der Waals surface area contributed by atoms with Crippen LogP contribution in [0.5, 0.6) is 5.75 Å². The van der Waals surface area contributed by atoms with Crippen molar-refractivity contribution >= 4 is 24.0 Å². The largest absolute Gasteiger partial charge is 0.481 e. The van der Waals surface area contributed by atoms with E-state index in [1.54, 1.807) is 18.2 Å². The van der Waals surface area contributed by atoms with Crippen molar-refractivity contribution in [2.75, 3.05) is 6.61 Å². The van der Waals surface area contributed by atoms with Crippen molar-refractivity contribution in [2.45, 2.75) is 20.8 Å². The predicted molar refractivity (Wildman–Crippen MR) is 76.7 cm³/mol. The van der Waals surface area contributed by atoms with Crippen molar-refractivity contribution in [1.29, 1.82) is 0 Å². The minimum atomic E-state index is -0.833. The second-order valence-corrected chi connectivity index (χ2v) is 3.89. The van der Waals surface area contributed by atoms with E-state index in [4.69, 9.17) is 19.4 Å². The van der Waals surface area contributed by atoms with E-state index in [1.165, 1.54) is 13.8 Å². The van der Waals surface area contributed by atoms with Crippen LogP contribution in [0.2, 0.25) is 0 Å². The van der Waals surface area contributed by atoms with Crippen molar-refractivity contribution in [3.63, 3.8) is 0 Å². The minimum Gasteiger partial charge on any atom is -0.481 e. The van der Waals surface area contributed by atoms with E-state index in [0.29, 0.717) is 5.75 Å². The smallest absolute Gasteiger partial charge is 0.308 e. The molecule has 0 aliphatic heterocycles. The molecule has 0 fully saturated rings. The Bertz CT molecular complexity index is 497. The molecule has 0 aromatic heterocycles. The van der Waals surface area contributed by atoms with Gasteiger partial charge in [-0.05, 0) is 23.8 Å². The highest BCUT2D eigenvalue weighted by atomic mass is 16.5. The quantitative estimate of drug-likeness (QED) is 0.676. The molecule has 0 saturated carbocycles. The Kier molecular flexibility index (Phi) is 8.92. The van der Waals surface area contributed by atoms with Crippen LogP contribution in [0.1, 0.15) is 26.3 Å². The zero-order valence-electron chi connectivity index (χ0n) is 12.2. The number of ether oxygens (including phenoxy) is 2. The maximum Gasteiger partial charge on any atom is 0.308 e. The fraction of sp³-hybridized carbons (Fsp3) is 0.267. The summed E-state index contributed by atoms with van der Waals surface area (Å²) in [7, 11) is 0. The molecule has 0 spiro atoms. The second-order valence-electron chi connectivity index (χ2n) is 3.89. The first-order chi connectivity index (χ1) is 9.81. The van der Waals surface area contributed by atoms with Crippen molar-refractivity contribution in [3.05, 3.63) is 35.9 Å². The first-order valence-electron chi connectivity index (χ1n) is 6.09. The van der Waals surface area contributed by atoms with E-state index in [2.05, 4.69) is 0 Å². The first-order valence-corrected chi connectivity index (χ1v) is 6.09. The average Bonchev–Trinajstić information content (AvgIpc) is 2.35. The SMILES string of the molecule is CC(=O)O.CC(=O)OCC=Cc1ccc(OC(C)=O)cc1. The third-order valence-corrected chi connectivity index (χ3v) is 1.83. The summed E-state index contributed by atoms with van der Waals surface area (Å²) in [5.41, 5.74) is 0.938. The lowest BCUT2D eigenvalue weighted by Gasteiger charge is -2.00. The van der Waals surface area contributed by atoms with Crippen LogP contribution in [0.3, 0.4) is 0 Å². The highest BCUT2D eigenvalue weighted by Gasteiger charge is 1.96. The molecule has 114 valence electrons. The Morgan fingerprint density at radius 1 is 1.05 bits per heavy atom. The molecule has 0 atom stereocenters. The van der Waals surface area contributed by atoms with E-state index in [9.17, 15) is 9.59 Å². The van der Waals surface area contributed by atoms with Gasteiger partial charge >= 0.3 is 11.9 Å². The standard InChI is InChI=1S/C13H14O4.C2H4O2/c1-10(14)16-9-3-4-12-5-7-13(8-6-12)17-11(2)15;1-2(3)4/h3-8H,9H2,1-2H3;1H3,(H,3,4). The Hall–Kier alpha value is -2.63. The van der Waals surface area contributed by atoms with Gasteiger partial charge < -0.3 is 14.6 Å². The van der Waals surface area contributed by atoms with Crippen molar-refractivity contribution < 1.29 is 29.0 Å². The Morgan fingerprint density at radius 2 is 1.57 bits per heavy atom.